The summed E-state index contributed by atoms with van der Waals surface area (Å²) in [6, 6.07) is 4.40. The van der Waals surface area contributed by atoms with Crippen molar-refractivity contribution in [2.75, 3.05) is 13.2 Å². The van der Waals surface area contributed by atoms with E-state index in [0.717, 1.165) is 0 Å². The molecule has 9 heteroatoms. The average Bonchev–Trinajstić information content (AvgIpc) is 3.19. The smallest absolute Gasteiger partial charge is 0.387 e. The van der Waals surface area contributed by atoms with Crippen LogP contribution in [0.25, 0.3) is 5.70 Å². The molecule has 0 radical (unpaired) electrons. The molecule has 0 aliphatic carbocycles. The van der Waals surface area contributed by atoms with Crippen LogP contribution < -0.4 is 20.7 Å². The molecule has 1 saturated heterocycles. The van der Waals surface area contributed by atoms with Gasteiger partial charge in [0.25, 0.3) is 5.91 Å². The molecule has 0 saturated carbocycles. The number of alkyl halides is 2. The van der Waals surface area contributed by atoms with Crippen LogP contribution in [0.1, 0.15) is 18.9 Å². The van der Waals surface area contributed by atoms with Crippen molar-refractivity contribution in [2.24, 2.45) is 5.73 Å². The van der Waals surface area contributed by atoms with Crippen LogP contribution in [-0.4, -0.2) is 37.4 Å². The van der Waals surface area contributed by atoms with Crippen LogP contribution in [-0.2, 0) is 14.4 Å². The molecule has 1 amide bonds. The minimum Gasteiger partial charge on any atom is -0.477 e. The number of primary amides is 1. The number of carbonyl (C=O) groups is 1. The maximum atomic E-state index is 12.6. The molecule has 2 atom stereocenters. The number of halogens is 2. The summed E-state index contributed by atoms with van der Waals surface area (Å²) in [5, 5.41) is 0. The summed E-state index contributed by atoms with van der Waals surface area (Å²) in [6.45, 7) is -0.583. The minimum absolute atomic E-state index is 0.0181. The lowest BCUT2D eigenvalue weighted by Gasteiger charge is -2.17. The number of amides is 1. The molecule has 3 rings (SSSR count). The van der Waals surface area contributed by atoms with Crippen molar-refractivity contribution in [3.8, 4) is 11.5 Å². The Morgan fingerprint density at radius 2 is 2.16 bits per heavy atom. The van der Waals surface area contributed by atoms with Crippen LogP contribution in [0.4, 0.5) is 8.78 Å². The molecule has 1 aromatic carbocycles. The van der Waals surface area contributed by atoms with Gasteiger partial charge in [-0.15, -0.1) is 0 Å². The first-order valence-corrected chi connectivity index (χ1v) is 7.68. The van der Waals surface area contributed by atoms with E-state index < -0.39 is 24.2 Å². The molecular weight excluding hydrogens is 338 g/mol. The van der Waals surface area contributed by atoms with Crippen molar-refractivity contribution in [3.63, 3.8) is 0 Å². The van der Waals surface area contributed by atoms with E-state index in [9.17, 15) is 13.6 Å². The quantitative estimate of drug-likeness (QED) is 0.804. The fraction of sp³-hybridized carbons (Fsp3) is 0.438. The standard InChI is InChI=1S/C16H18F2N2O5/c1-9(14(19)21)23-13-6-10(2-3-12(13)24-15(17)18)11-7-16(25-20-11)4-5-22-8-16/h2-3,6-7,9,15,20H,4-5,8H2,1H3,(H2,19,21). The van der Waals surface area contributed by atoms with Crippen LogP contribution in [0, 0.1) is 0 Å². The third-order valence-electron chi connectivity index (χ3n) is 3.96. The van der Waals surface area contributed by atoms with Gasteiger partial charge in [0.15, 0.2) is 17.6 Å². The second-order valence-corrected chi connectivity index (χ2v) is 5.83. The molecule has 1 aromatic rings. The zero-order chi connectivity index (χ0) is 18.0. The average molecular weight is 356 g/mol. The van der Waals surface area contributed by atoms with E-state index in [1.165, 1.54) is 19.1 Å². The van der Waals surface area contributed by atoms with Crippen LogP contribution >= 0.6 is 0 Å². The lowest BCUT2D eigenvalue weighted by molar-refractivity contribution is -0.124. The van der Waals surface area contributed by atoms with Gasteiger partial charge in [0, 0.05) is 18.6 Å². The highest BCUT2D eigenvalue weighted by atomic mass is 19.3. The summed E-state index contributed by atoms with van der Waals surface area (Å²) in [4.78, 5) is 16.8. The van der Waals surface area contributed by atoms with Crippen LogP contribution in [0.2, 0.25) is 0 Å². The van der Waals surface area contributed by atoms with Crippen LogP contribution in [0.15, 0.2) is 24.3 Å². The highest BCUT2D eigenvalue weighted by Crippen LogP contribution is 2.36. The molecule has 7 nitrogen and oxygen atoms in total. The zero-order valence-electron chi connectivity index (χ0n) is 13.5. The summed E-state index contributed by atoms with van der Waals surface area (Å²) in [5.74, 6) is -0.933. The maximum Gasteiger partial charge on any atom is 0.387 e. The Balaban J connectivity index is 1.89. The number of hydroxylamine groups is 1. The first kappa shape index (κ1) is 17.4. The van der Waals surface area contributed by atoms with Crippen molar-refractivity contribution in [2.45, 2.75) is 31.7 Å². The van der Waals surface area contributed by atoms with E-state index in [-0.39, 0.29) is 11.5 Å². The zero-order valence-corrected chi connectivity index (χ0v) is 13.5. The molecule has 0 bridgehead atoms. The number of ether oxygens (including phenoxy) is 3. The van der Waals surface area contributed by atoms with E-state index in [0.29, 0.717) is 30.9 Å². The summed E-state index contributed by atoms with van der Waals surface area (Å²) < 4.78 is 40.3. The highest BCUT2D eigenvalue weighted by molar-refractivity contribution is 5.79. The Hall–Kier alpha value is -2.39. The Bertz CT molecular complexity index is 689. The molecule has 136 valence electrons. The molecule has 2 heterocycles. The van der Waals surface area contributed by atoms with Gasteiger partial charge in [0.05, 0.1) is 12.3 Å². The first-order chi connectivity index (χ1) is 11.9. The number of rotatable bonds is 6. The third-order valence-corrected chi connectivity index (χ3v) is 3.96. The van der Waals surface area contributed by atoms with Gasteiger partial charge < -0.3 is 19.9 Å². The van der Waals surface area contributed by atoms with Crippen molar-refractivity contribution in [1.82, 2.24) is 5.48 Å². The summed E-state index contributed by atoms with van der Waals surface area (Å²) in [5.41, 5.74) is 8.71. The summed E-state index contributed by atoms with van der Waals surface area (Å²) in [7, 11) is 0. The molecule has 25 heavy (non-hydrogen) atoms. The molecule has 1 fully saturated rings. The number of hydrogen-bond acceptors (Lipinski definition) is 6. The molecular formula is C16H18F2N2O5. The number of nitrogens with one attached hydrogen (secondary N) is 1. The van der Waals surface area contributed by atoms with Crippen LogP contribution in [0.3, 0.4) is 0 Å². The van der Waals surface area contributed by atoms with Gasteiger partial charge in [-0.1, -0.05) is 0 Å². The van der Waals surface area contributed by atoms with Crippen molar-refractivity contribution >= 4 is 11.6 Å². The monoisotopic (exact) mass is 356 g/mol. The van der Waals surface area contributed by atoms with Gasteiger partial charge >= 0.3 is 6.61 Å². The minimum atomic E-state index is -3.02. The van der Waals surface area contributed by atoms with Gasteiger partial charge in [-0.05, 0) is 31.2 Å². The number of nitrogens with two attached hydrogens (primary N) is 1. The summed E-state index contributed by atoms with van der Waals surface area (Å²) in [6.07, 6.45) is 1.58. The Morgan fingerprint density at radius 3 is 2.80 bits per heavy atom. The molecule has 2 unspecified atom stereocenters. The molecule has 1 spiro atoms. The fourth-order valence-corrected chi connectivity index (χ4v) is 2.59. The summed E-state index contributed by atoms with van der Waals surface area (Å²) >= 11 is 0. The van der Waals surface area contributed by atoms with Gasteiger partial charge in [-0.3, -0.25) is 15.1 Å². The third kappa shape index (κ3) is 3.83. The van der Waals surface area contributed by atoms with E-state index in [2.05, 4.69) is 10.2 Å². The molecule has 2 aliphatic heterocycles. The second-order valence-electron chi connectivity index (χ2n) is 5.83. The number of benzene rings is 1. The van der Waals surface area contributed by atoms with Crippen molar-refractivity contribution < 1.29 is 32.6 Å². The van der Waals surface area contributed by atoms with Crippen molar-refractivity contribution in [3.05, 3.63) is 29.8 Å². The van der Waals surface area contributed by atoms with Gasteiger partial charge in [-0.2, -0.15) is 8.78 Å². The highest BCUT2D eigenvalue weighted by Gasteiger charge is 2.39. The SMILES string of the molecule is CC(Oc1cc(C2=CC3(CCOC3)ON2)ccc1OC(F)F)C(N)=O. The predicted octanol–water partition coefficient (Wildman–Crippen LogP) is 1.58. The fourth-order valence-electron chi connectivity index (χ4n) is 2.59. The molecule has 2 aliphatic rings. The van der Waals surface area contributed by atoms with Gasteiger partial charge in [-0.25, -0.2) is 0 Å². The maximum absolute atomic E-state index is 12.6. The first-order valence-electron chi connectivity index (χ1n) is 7.68. The van der Waals surface area contributed by atoms with Crippen LogP contribution in [0.5, 0.6) is 11.5 Å². The van der Waals surface area contributed by atoms with E-state index >= 15 is 0 Å². The normalized spacial score (nSPS) is 23.4. The number of hydrogen-bond donors (Lipinski definition) is 2. The van der Waals surface area contributed by atoms with Gasteiger partial charge in [0.1, 0.15) is 5.60 Å². The molecule has 0 aromatic heterocycles. The molecule has 3 N–H and O–H groups in total. The largest absolute Gasteiger partial charge is 0.477 e. The predicted molar refractivity (Wildman–Crippen MR) is 82.7 cm³/mol. The van der Waals surface area contributed by atoms with Crippen molar-refractivity contribution in [1.29, 1.82) is 0 Å². The number of carbonyl (C=O) groups excluding carboxylic acids is 1. The van der Waals surface area contributed by atoms with E-state index in [1.54, 1.807) is 6.07 Å². The topological polar surface area (TPSA) is 92.0 Å². The Labute approximate surface area is 142 Å². The van der Waals surface area contributed by atoms with Gasteiger partial charge in [0.2, 0.25) is 0 Å². The van der Waals surface area contributed by atoms with E-state index in [1.807, 2.05) is 6.08 Å². The lowest BCUT2D eigenvalue weighted by atomic mass is 10.0. The Morgan fingerprint density at radius 1 is 1.36 bits per heavy atom. The van der Waals surface area contributed by atoms with E-state index in [4.69, 9.17) is 20.0 Å². The Kier molecular flexibility index (Phi) is 4.78. The second kappa shape index (κ2) is 6.85. The lowest BCUT2D eigenvalue weighted by Crippen LogP contribution is -2.30.